The molecule has 0 aliphatic heterocycles. The summed E-state index contributed by atoms with van der Waals surface area (Å²) in [4.78, 5) is 12.5. The number of halogens is 3. The summed E-state index contributed by atoms with van der Waals surface area (Å²) in [7, 11) is -4.06. The van der Waals surface area contributed by atoms with Crippen LogP contribution < -0.4 is 9.62 Å². The van der Waals surface area contributed by atoms with E-state index in [9.17, 15) is 22.0 Å². The molecule has 0 saturated heterocycles. The molecule has 0 unspecified atom stereocenters. The lowest BCUT2D eigenvalue weighted by molar-refractivity contribution is -0.114. The van der Waals surface area contributed by atoms with Gasteiger partial charge < -0.3 is 5.32 Å². The van der Waals surface area contributed by atoms with E-state index in [-0.39, 0.29) is 16.3 Å². The van der Waals surface area contributed by atoms with E-state index in [0.717, 1.165) is 16.4 Å². The maximum atomic E-state index is 13.4. The minimum atomic E-state index is -4.06. The highest BCUT2D eigenvalue weighted by Gasteiger charge is 2.27. The largest absolute Gasteiger partial charge is 0.324 e. The number of carbonyl (C=O) groups is 1. The van der Waals surface area contributed by atoms with Crippen molar-refractivity contribution in [3.8, 4) is 0 Å². The Hall–Kier alpha value is -2.78. The summed E-state index contributed by atoms with van der Waals surface area (Å²) in [5.74, 6) is -2.88. The highest BCUT2D eigenvalue weighted by molar-refractivity contribution is 9.10. The number of hydrogen-bond donors (Lipinski definition) is 1. The van der Waals surface area contributed by atoms with Gasteiger partial charge in [0.25, 0.3) is 10.0 Å². The van der Waals surface area contributed by atoms with Crippen LogP contribution in [0.15, 0.2) is 82.2 Å². The Morgan fingerprint density at radius 1 is 0.931 bits per heavy atom. The molecule has 5 nitrogen and oxygen atoms in total. The Labute approximate surface area is 175 Å². The van der Waals surface area contributed by atoms with Gasteiger partial charge in [0, 0.05) is 16.2 Å². The van der Waals surface area contributed by atoms with Crippen molar-refractivity contribution < 1.29 is 22.0 Å². The van der Waals surface area contributed by atoms with Crippen molar-refractivity contribution in [2.24, 2.45) is 0 Å². The molecule has 1 N–H and O–H groups in total. The van der Waals surface area contributed by atoms with Crippen LogP contribution in [0.25, 0.3) is 0 Å². The number of benzene rings is 3. The summed E-state index contributed by atoms with van der Waals surface area (Å²) < 4.78 is 54.3. The second kappa shape index (κ2) is 8.71. The zero-order valence-electron chi connectivity index (χ0n) is 14.8. The van der Waals surface area contributed by atoms with Gasteiger partial charge in [-0.05, 0) is 42.5 Å². The summed E-state index contributed by atoms with van der Waals surface area (Å²) in [5, 5.41) is 2.38. The molecule has 0 radical (unpaired) electrons. The smallest absolute Gasteiger partial charge is 0.264 e. The Kier molecular flexibility index (Phi) is 6.29. The molecule has 0 saturated carbocycles. The van der Waals surface area contributed by atoms with E-state index >= 15 is 0 Å². The third-order valence-electron chi connectivity index (χ3n) is 3.92. The first-order chi connectivity index (χ1) is 13.8. The molecule has 0 atom stereocenters. The summed E-state index contributed by atoms with van der Waals surface area (Å²) >= 11 is 3.29. The van der Waals surface area contributed by atoms with Crippen molar-refractivity contribution >= 4 is 43.2 Å². The van der Waals surface area contributed by atoms with Crippen LogP contribution in [0.5, 0.6) is 0 Å². The van der Waals surface area contributed by atoms with E-state index in [2.05, 4.69) is 21.2 Å². The third kappa shape index (κ3) is 4.99. The van der Waals surface area contributed by atoms with Crippen LogP contribution in [-0.2, 0) is 14.8 Å². The Morgan fingerprint density at radius 3 is 2.31 bits per heavy atom. The zero-order chi connectivity index (χ0) is 21.0. The molecule has 0 aliphatic rings. The summed E-state index contributed by atoms with van der Waals surface area (Å²) in [6, 6.07) is 17.0. The normalized spacial score (nSPS) is 11.1. The fraction of sp³-hybridized carbons (Fsp3) is 0.0500. The maximum Gasteiger partial charge on any atom is 0.264 e. The molecule has 0 bridgehead atoms. The molecular formula is C20H15BrF2N2O3S. The lowest BCUT2D eigenvalue weighted by atomic mass is 10.3. The molecule has 3 aromatic carbocycles. The Bertz CT molecular complexity index is 1140. The van der Waals surface area contributed by atoms with Crippen LogP contribution >= 0.6 is 15.9 Å². The lowest BCUT2D eigenvalue weighted by Gasteiger charge is -2.24. The minimum absolute atomic E-state index is 0.0141. The van der Waals surface area contributed by atoms with Crippen molar-refractivity contribution in [1.82, 2.24) is 0 Å². The molecule has 1 amide bonds. The number of anilines is 2. The number of nitrogens with one attached hydrogen (secondary N) is 1. The Balaban J connectivity index is 1.93. The second-order valence-electron chi connectivity index (χ2n) is 5.98. The maximum absolute atomic E-state index is 13.4. The first-order valence-electron chi connectivity index (χ1n) is 8.35. The highest BCUT2D eigenvalue weighted by Crippen LogP contribution is 2.26. The summed E-state index contributed by atoms with van der Waals surface area (Å²) in [6.45, 7) is -0.563. The number of sulfonamides is 1. The van der Waals surface area contributed by atoms with Gasteiger partial charge in [0.05, 0.1) is 10.6 Å². The molecule has 9 heteroatoms. The van der Waals surface area contributed by atoms with E-state index in [1.54, 1.807) is 42.5 Å². The molecule has 0 aromatic heterocycles. The minimum Gasteiger partial charge on any atom is -0.324 e. The van der Waals surface area contributed by atoms with Gasteiger partial charge in [-0.25, -0.2) is 17.2 Å². The number of nitrogens with zero attached hydrogens (tertiary/aromatic N) is 1. The van der Waals surface area contributed by atoms with Crippen LogP contribution in [0, 0.1) is 11.6 Å². The SMILES string of the molecule is O=C(CN(c1cccc(Br)c1)S(=O)(=O)c1ccccc1)Nc1ccc(F)c(F)c1. The van der Waals surface area contributed by atoms with Gasteiger partial charge in [-0.2, -0.15) is 0 Å². The van der Waals surface area contributed by atoms with Crippen LogP contribution in [0.1, 0.15) is 0 Å². The van der Waals surface area contributed by atoms with E-state index in [0.29, 0.717) is 4.47 Å². The van der Waals surface area contributed by atoms with Gasteiger partial charge in [0.2, 0.25) is 5.91 Å². The molecule has 0 fully saturated rings. The van der Waals surface area contributed by atoms with Gasteiger partial charge in [0.1, 0.15) is 6.54 Å². The van der Waals surface area contributed by atoms with Crippen molar-refractivity contribution in [3.05, 3.63) is 88.9 Å². The second-order valence-corrected chi connectivity index (χ2v) is 8.76. The molecule has 3 aromatic rings. The summed E-state index contributed by atoms with van der Waals surface area (Å²) in [6.07, 6.45) is 0. The van der Waals surface area contributed by atoms with Crippen molar-refractivity contribution in [1.29, 1.82) is 0 Å². The molecule has 29 heavy (non-hydrogen) atoms. The number of hydrogen-bond acceptors (Lipinski definition) is 3. The zero-order valence-corrected chi connectivity index (χ0v) is 17.3. The molecule has 3 rings (SSSR count). The average molecular weight is 481 g/mol. The third-order valence-corrected chi connectivity index (χ3v) is 6.20. The molecular weight excluding hydrogens is 466 g/mol. The lowest BCUT2D eigenvalue weighted by Crippen LogP contribution is -2.38. The number of amides is 1. The van der Waals surface area contributed by atoms with E-state index in [4.69, 9.17) is 0 Å². The number of carbonyl (C=O) groups excluding carboxylic acids is 1. The average Bonchev–Trinajstić information content (AvgIpc) is 2.69. The van der Waals surface area contributed by atoms with Crippen molar-refractivity contribution in [2.45, 2.75) is 4.90 Å². The van der Waals surface area contributed by atoms with Gasteiger partial charge in [-0.3, -0.25) is 9.10 Å². The van der Waals surface area contributed by atoms with Crippen molar-refractivity contribution in [2.75, 3.05) is 16.2 Å². The van der Waals surface area contributed by atoms with Gasteiger partial charge in [-0.1, -0.05) is 40.2 Å². The van der Waals surface area contributed by atoms with E-state index < -0.39 is 34.1 Å². The van der Waals surface area contributed by atoms with Crippen LogP contribution in [0.4, 0.5) is 20.2 Å². The van der Waals surface area contributed by atoms with Crippen LogP contribution in [-0.4, -0.2) is 20.9 Å². The van der Waals surface area contributed by atoms with E-state index in [1.165, 1.54) is 18.2 Å². The van der Waals surface area contributed by atoms with Crippen LogP contribution in [0.3, 0.4) is 0 Å². The predicted octanol–water partition coefficient (Wildman–Crippen LogP) is 4.56. The topological polar surface area (TPSA) is 66.5 Å². The highest BCUT2D eigenvalue weighted by atomic mass is 79.9. The first kappa shape index (κ1) is 20.9. The van der Waals surface area contributed by atoms with Crippen molar-refractivity contribution in [3.63, 3.8) is 0 Å². The van der Waals surface area contributed by atoms with Gasteiger partial charge in [-0.15, -0.1) is 0 Å². The molecule has 0 aliphatic carbocycles. The standard InChI is InChI=1S/C20H15BrF2N2O3S/c21-14-5-4-6-16(11-14)25(29(27,28)17-7-2-1-3-8-17)13-20(26)24-15-9-10-18(22)19(23)12-15/h1-12H,13H2,(H,24,26). The quantitative estimate of drug-likeness (QED) is 0.562. The van der Waals surface area contributed by atoms with E-state index in [1.807, 2.05) is 0 Å². The number of rotatable bonds is 6. The molecule has 0 spiro atoms. The first-order valence-corrected chi connectivity index (χ1v) is 10.6. The van der Waals surface area contributed by atoms with Gasteiger partial charge in [0.15, 0.2) is 11.6 Å². The van der Waals surface area contributed by atoms with Gasteiger partial charge >= 0.3 is 0 Å². The van der Waals surface area contributed by atoms with Crippen LogP contribution in [0.2, 0.25) is 0 Å². The predicted molar refractivity (Wildman–Crippen MR) is 110 cm³/mol. The summed E-state index contributed by atoms with van der Waals surface area (Å²) in [5.41, 5.74) is 0.281. The molecule has 0 heterocycles. The fourth-order valence-corrected chi connectivity index (χ4v) is 4.39. The Morgan fingerprint density at radius 2 is 1.66 bits per heavy atom. The monoisotopic (exact) mass is 480 g/mol. The fourth-order valence-electron chi connectivity index (χ4n) is 2.57. The molecule has 150 valence electrons.